The fourth-order valence-corrected chi connectivity index (χ4v) is 2.05. The minimum atomic E-state index is -0.343. The Morgan fingerprint density at radius 2 is 2.06 bits per heavy atom. The van der Waals surface area contributed by atoms with Gasteiger partial charge in [-0.25, -0.2) is 4.39 Å². The third-order valence-corrected chi connectivity index (χ3v) is 2.89. The minimum absolute atomic E-state index is 0.331. The Morgan fingerprint density at radius 1 is 1.24 bits per heavy atom. The second kappa shape index (κ2) is 5.25. The van der Waals surface area contributed by atoms with Crippen LogP contribution >= 0.6 is 11.6 Å². The van der Waals surface area contributed by atoms with Crippen LogP contribution in [0.4, 0.5) is 4.39 Å². The lowest BCUT2D eigenvalue weighted by atomic mass is 10.0. The first kappa shape index (κ1) is 12.0. The van der Waals surface area contributed by atoms with Gasteiger partial charge in [0.1, 0.15) is 5.82 Å². The molecule has 1 unspecified atom stereocenters. The van der Waals surface area contributed by atoms with Crippen LogP contribution in [0.5, 0.6) is 0 Å². The molecule has 2 aromatic rings. The summed E-state index contributed by atoms with van der Waals surface area (Å²) in [6.07, 6.45) is 1.68. The van der Waals surface area contributed by atoms with Crippen molar-refractivity contribution in [2.75, 3.05) is 7.05 Å². The fourth-order valence-electron chi connectivity index (χ4n) is 1.77. The standard InChI is InChI=1S/C13H12ClFN2/c1-16-13(11-7-2-3-8-17-11)12-9(14)5-4-6-10(12)15/h2-8,13,16H,1H3. The molecule has 0 saturated heterocycles. The molecule has 1 N–H and O–H groups in total. The van der Waals surface area contributed by atoms with Gasteiger partial charge in [-0.15, -0.1) is 0 Å². The van der Waals surface area contributed by atoms with Crippen molar-refractivity contribution >= 4 is 11.6 Å². The van der Waals surface area contributed by atoms with Crippen molar-refractivity contribution < 1.29 is 4.39 Å². The van der Waals surface area contributed by atoms with E-state index in [4.69, 9.17) is 11.6 Å². The Morgan fingerprint density at radius 3 is 2.65 bits per heavy atom. The molecule has 0 amide bonds. The van der Waals surface area contributed by atoms with Crippen molar-refractivity contribution in [2.45, 2.75) is 6.04 Å². The highest BCUT2D eigenvalue weighted by Crippen LogP contribution is 2.29. The normalized spacial score (nSPS) is 12.4. The summed E-state index contributed by atoms with van der Waals surface area (Å²) in [5.74, 6) is -0.331. The van der Waals surface area contributed by atoms with Gasteiger partial charge in [0, 0.05) is 16.8 Å². The van der Waals surface area contributed by atoms with Gasteiger partial charge in [0.25, 0.3) is 0 Å². The molecule has 0 aliphatic heterocycles. The van der Waals surface area contributed by atoms with E-state index >= 15 is 0 Å². The molecule has 0 aliphatic rings. The summed E-state index contributed by atoms with van der Waals surface area (Å²) in [7, 11) is 1.75. The fraction of sp³-hybridized carbons (Fsp3) is 0.154. The number of hydrogen-bond donors (Lipinski definition) is 1. The first-order chi connectivity index (χ1) is 8.24. The third-order valence-electron chi connectivity index (χ3n) is 2.56. The van der Waals surface area contributed by atoms with Gasteiger partial charge in [0.15, 0.2) is 0 Å². The maximum absolute atomic E-state index is 13.8. The number of benzene rings is 1. The van der Waals surface area contributed by atoms with Crippen LogP contribution in [-0.2, 0) is 0 Å². The monoisotopic (exact) mass is 250 g/mol. The number of pyridine rings is 1. The first-order valence-electron chi connectivity index (χ1n) is 5.26. The molecule has 2 rings (SSSR count). The highest BCUT2D eigenvalue weighted by atomic mass is 35.5. The predicted octanol–water partition coefficient (Wildman–Crippen LogP) is 3.18. The van der Waals surface area contributed by atoms with Gasteiger partial charge in [0.05, 0.1) is 11.7 Å². The lowest BCUT2D eigenvalue weighted by Gasteiger charge is -2.18. The summed E-state index contributed by atoms with van der Waals surface area (Å²) in [4.78, 5) is 4.22. The number of rotatable bonds is 3. The molecule has 4 heteroatoms. The molecule has 1 aromatic carbocycles. The Kier molecular flexibility index (Phi) is 3.71. The van der Waals surface area contributed by atoms with Crippen molar-refractivity contribution in [3.05, 3.63) is 64.7 Å². The van der Waals surface area contributed by atoms with Crippen molar-refractivity contribution in [1.82, 2.24) is 10.3 Å². The van der Waals surface area contributed by atoms with Crippen molar-refractivity contribution in [2.24, 2.45) is 0 Å². The van der Waals surface area contributed by atoms with E-state index in [-0.39, 0.29) is 11.9 Å². The van der Waals surface area contributed by atoms with E-state index in [2.05, 4.69) is 10.3 Å². The molecule has 0 fully saturated rings. The molecule has 1 heterocycles. The lowest BCUT2D eigenvalue weighted by molar-refractivity contribution is 0.571. The topological polar surface area (TPSA) is 24.9 Å². The summed E-state index contributed by atoms with van der Waals surface area (Å²) < 4.78 is 13.8. The number of nitrogens with zero attached hydrogens (tertiary/aromatic N) is 1. The van der Waals surface area contributed by atoms with E-state index in [1.807, 2.05) is 18.2 Å². The first-order valence-corrected chi connectivity index (χ1v) is 5.64. The lowest BCUT2D eigenvalue weighted by Crippen LogP contribution is -2.20. The quantitative estimate of drug-likeness (QED) is 0.905. The second-order valence-corrected chi connectivity index (χ2v) is 4.02. The number of nitrogens with one attached hydrogen (secondary N) is 1. The zero-order valence-electron chi connectivity index (χ0n) is 9.32. The maximum Gasteiger partial charge on any atom is 0.129 e. The summed E-state index contributed by atoms with van der Waals surface area (Å²) in [6.45, 7) is 0. The average molecular weight is 251 g/mol. The van der Waals surface area contributed by atoms with Crippen LogP contribution in [0.1, 0.15) is 17.3 Å². The van der Waals surface area contributed by atoms with E-state index in [9.17, 15) is 4.39 Å². The Labute approximate surface area is 104 Å². The van der Waals surface area contributed by atoms with Crippen LogP contribution in [0.25, 0.3) is 0 Å². The van der Waals surface area contributed by atoms with Gasteiger partial charge in [-0.1, -0.05) is 23.7 Å². The average Bonchev–Trinajstić information content (AvgIpc) is 2.35. The van der Waals surface area contributed by atoms with Crippen LogP contribution in [0, 0.1) is 5.82 Å². The molecular formula is C13H12ClFN2. The van der Waals surface area contributed by atoms with Gasteiger partial charge >= 0.3 is 0 Å². The van der Waals surface area contributed by atoms with Crippen LogP contribution in [-0.4, -0.2) is 12.0 Å². The summed E-state index contributed by atoms with van der Waals surface area (Å²) >= 11 is 6.05. The van der Waals surface area contributed by atoms with E-state index < -0.39 is 0 Å². The van der Waals surface area contributed by atoms with Gasteiger partial charge in [-0.3, -0.25) is 4.98 Å². The molecule has 0 bridgehead atoms. The molecule has 1 aromatic heterocycles. The molecule has 0 spiro atoms. The minimum Gasteiger partial charge on any atom is -0.308 e. The number of hydrogen-bond acceptors (Lipinski definition) is 2. The second-order valence-electron chi connectivity index (χ2n) is 3.61. The van der Waals surface area contributed by atoms with Crippen LogP contribution in [0.15, 0.2) is 42.6 Å². The van der Waals surface area contributed by atoms with Crippen molar-refractivity contribution in [3.63, 3.8) is 0 Å². The smallest absolute Gasteiger partial charge is 0.129 e. The van der Waals surface area contributed by atoms with Gasteiger partial charge in [-0.2, -0.15) is 0 Å². The van der Waals surface area contributed by atoms with Gasteiger partial charge in [0.2, 0.25) is 0 Å². The Hall–Kier alpha value is -1.45. The van der Waals surface area contributed by atoms with E-state index in [1.54, 1.807) is 25.4 Å². The third kappa shape index (κ3) is 2.46. The molecule has 1 atom stereocenters. The predicted molar refractivity (Wildman–Crippen MR) is 66.5 cm³/mol. The maximum atomic E-state index is 13.8. The molecule has 0 radical (unpaired) electrons. The molecule has 0 aliphatic carbocycles. The van der Waals surface area contributed by atoms with Crippen LogP contribution in [0.3, 0.4) is 0 Å². The Bertz CT molecular complexity index is 482. The SMILES string of the molecule is CNC(c1ccccn1)c1c(F)cccc1Cl. The number of aromatic nitrogens is 1. The van der Waals surface area contributed by atoms with Gasteiger partial charge < -0.3 is 5.32 Å². The zero-order chi connectivity index (χ0) is 12.3. The number of halogens is 2. The molecule has 88 valence electrons. The molecular weight excluding hydrogens is 239 g/mol. The summed E-state index contributed by atoms with van der Waals surface area (Å²) in [6, 6.07) is 9.84. The van der Waals surface area contributed by atoms with Gasteiger partial charge in [-0.05, 0) is 31.3 Å². The van der Waals surface area contributed by atoms with Crippen LogP contribution < -0.4 is 5.32 Å². The summed E-state index contributed by atoms with van der Waals surface area (Å²) in [5, 5.41) is 3.43. The van der Waals surface area contributed by atoms with E-state index in [0.717, 1.165) is 5.69 Å². The highest BCUT2D eigenvalue weighted by Gasteiger charge is 2.19. The largest absolute Gasteiger partial charge is 0.308 e. The summed E-state index contributed by atoms with van der Waals surface area (Å²) in [5.41, 5.74) is 1.16. The Balaban J connectivity index is 2.50. The van der Waals surface area contributed by atoms with Crippen molar-refractivity contribution in [1.29, 1.82) is 0 Å². The van der Waals surface area contributed by atoms with E-state index in [0.29, 0.717) is 10.6 Å². The molecule has 17 heavy (non-hydrogen) atoms. The zero-order valence-corrected chi connectivity index (χ0v) is 10.1. The van der Waals surface area contributed by atoms with Crippen LogP contribution in [0.2, 0.25) is 5.02 Å². The van der Waals surface area contributed by atoms with Crippen molar-refractivity contribution in [3.8, 4) is 0 Å². The van der Waals surface area contributed by atoms with E-state index in [1.165, 1.54) is 6.07 Å². The molecule has 0 saturated carbocycles. The molecule has 2 nitrogen and oxygen atoms in total. The highest BCUT2D eigenvalue weighted by molar-refractivity contribution is 6.31.